The van der Waals surface area contributed by atoms with Crippen LogP contribution in [0.2, 0.25) is 0 Å². The molecule has 1 N–H and O–H groups in total. The predicted octanol–water partition coefficient (Wildman–Crippen LogP) is 3.22. The monoisotopic (exact) mass is 304 g/mol. The SMILES string of the molecule is C[C@@H]1CCCCN1CCCNC(=O)/C=C/c1cccc(F)c1. The van der Waals surface area contributed by atoms with Gasteiger partial charge in [0.25, 0.3) is 0 Å². The molecule has 0 spiro atoms. The highest BCUT2D eigenvalue weighted by atomic mass is 19.1. The molecular formula is C18H25FN2O. The number of hydrogen-bond donors (Lipinski definition) is 1. The summed E-state index contributed by atoms with van der Waals surface area (Å²) in [6.07, 6.45) is 7.95. The molecule has 1 saturated heterocycles. The molecule has 120 valence electrons. The number of piperidine rings is 1. The van der Waals surface area contributed by atoms with E-state index in [2.05, 4.69) is 17.1 Å². The molecule has 0 unspecified atom stereocenters. The fourth-order valence-corrected chi connectivity index (χ4v) is 2.82. The van der Waals surface area contributed by atoms with Crippen LogP contribution in [0.4, 0.5) is 4.39 Å². The summed E-state index contributed by atoms with van der Waals surface area (Å²) in [6.45, 7) is 5.17. The lowest BCUT2D eigenvalue weighted by molar-refractivity contribution is -0.116. The second-order valence-electron chi connectivity index (χ2n) is 5.91. The zero-order valence-electron chi connectivity index (χ0n) is 13.2. The number of nitrogens with one attached hydrogen (secondary N) is 1. The van der Waals surface area contributed by atoms with E-state index in [1.807, 2.05) is 0 Å². The number of carbonyl (C=O) groups is 1. The van der Waals surface area contributed by atoms with Gasteiger partial charge in [-0.2, -0.15) is 0 Å². The minimum Gasteiger partial charge on any atom is -0.353 e. The quantitative estimate of drug-likeness (QED) is 0.646. The fraction of sp³-hybridized carbons (Fsp3) is 0.500. The zero-order valence-corrected chi connectivity index (χ0v) is 13.2. The number of carbonyl (C=O) groups excluding carboxylic acids is 1. The van der Waals surface area contributed by atoms with E-state index in [9.17, 15) is 9.18 Å². The first-order chi connectivity index (χ1) is 10.6. The smallest absolute Gasteiger partial charge is 0.243 e. The molecule has 0 radical (unpaired) electrons. The summed E-state index contributed by atoms with van der Waals surface area (Å²) in [5, 5.41) is 2.88. The van der Waals surface area contributed by atoms with Crippen LogP contribution in [-0.4, -0.2) is 36.5 Å². The third-order valence-electron chi connectivity index (χ3n) is 4.14. The van der Waals surface area contributed by atoms with E-state index < -0.39 is 0 Å². The molecule has 2 rings (SSSR count). The fourth-order valence-electron chi connectivity index (χ4n) is 2.82. The van der Waals surface area contributed by atoms with E-state index in [1.165, 1.54) is 44.0 Å². The van der Waals surface area contributed by atoms with Crippen molar-refractivity contribution >= 4 is 12.0 Å². The highest BCUT2D eigenvalue weighted by molar-refractivity contribution is 5.91. The van der Waals surface area contributed by atoms with Gasteiger partial charge in [-0.1, -0.05) is 18.6 Å². The molecular weight excluding hydrogens is 279 g/mol. The van der Waals surface area contributed by atoms with Gasteiger partial charge in [0.05, 0.1) is 0 Å². The predicted molar refractivity (Wildman–Crippen MR) is 87.9 cm³/mol. The number of likely N-dealkylation sites (tertiary alicyclic amines) is 1. The second kappa shape index (κ2) is 8.69. The van der Waals surface area contributed by atoms with Crippen molar-refractivity contribution in [2.24, 2.45) is 0 Å². The number of benzene rings is 1. The van der Waals surface area contributed by atoms with Crippen LogP contribution < -0.4 is 5.32 Å². The van der Waals surface area contributed by atoms with E-state index in [0.29, 0.717) is 18.2 Å². The van der Waals surface area contributed by atoms with Crippen molar-refractivity contribution < 1.29 is 9.18 Å². The summed E-state index contributed by atoms with van der Waals surface area (Å²) >= 11 is 0. The first kappa shape index (κ1) is 16.7. The molecule has 1 fully saturated rings. The first-order valence-electron chi connectivity index (χ1n) is 8.10. The number of halogens is 1. The van der Waals surface area contributed by atoms with Crippen LogP contribution in [0.15, 0.2) is 30.3 Å². The molecule has 22 heavy (non-hydrogen) atoms. The number of rotatable bonds is 6. The maximum Gasteiger partial charge on any atom is 0.243 e. The number of hydrogen-bond acceptors (Lipinski definition) is 2. The van der Waals surface area contributed by atoms with Gasteiger partial charge in [-0.15, -0.1) is 0 Å². The minimum absolute atomic E-state index is 0.129. The van der Waals surface area contributed by atoms with Crippen LogP contribution in [0.1, 0.15) is 38.2 Å². The van der Waals surface area contributed by atoms with Crippen LogP contribution in [0.3, 0.4) is 0 Å². The molecule has 4 heteroatoms. The summed E-state index contributed by atoms with van der Waals surface area (Å²) in [5.41, 5.74) is 0.692. The summed E-state index contributed by atoms with van der Waals surface area (Å²) in [4.78, 5) is 14.2. The Kier molecular flexibility index (Phi) is 6.59. The Balaban J connectivity index is 1.65. The van der Waals surface area contributed by atoms with E-state index in [1.54, 1.807) is 18.2 Å². The maximum absolute atomic E-state index is 13.0. The van der Waals surface area contributed by atoms with Gasteiger partial charge in [-0.3, -0.25) is 4.79 Å². The van der Waals surface area contributed by atoms with Crippen molar-refractivity contribution in [2.75, 3.05) is 19.6 Å². The van der Waals surface area contributed by atoms with Gasteiger partial charge in [0.1, 0.15) is 5.82 Å². The van der Waals surface area contributed by atoms with Crippen molar-refractivity contribution in [1.29, 1.82) is 0 Å². The standard InChI is InChI=1S/C18H25FN2O/c1-15-6-2-3-12-21(15)13-5-11-20-18(22)10-9-16-7-4-8-17(19)14-16/h4,7-10,14-15H,2-3,5-6,11-13H2,1H3,(H,20,22)/b10-9+/t15-/m1/s1. The lowest BCUT2D eigenvalue weighted by Crippen LogP contribution is -2.39. The lowest BCUT2D eigenvalue weighted by atomic mass is 10.0. The average Bonchev–Trinajstić information content (AvgIpc) is 2.51. The van der Waals surface area contributed by atoms with Crippen molar-refractivity contribution in [3.8, 4) is 0 Å². The van der Waals surface area contributed by atoms with E-state index in [4.69, 9.17) is 0 Å². The van der Waals surface area contributed by atoms with Crippen molar-refractivity contribution in [3.63, 3.8) is 0 Å². The third-order valence-corrected chi connectivity index (χ3v) is 4.14. The molecule has 1 heterocycles. The Morgan fingerprint density at radius 1 is 1.45 bits per heavy atom. The summed E-state index contributed by atoms with van der Waals surface area (Å²) < 4.78 is 13.0. The zero-order chi connectivity index (χ0) is 15.8. The molecule has 0 bridgehead atoms. The molecule has 1 atom stereocenters. The largest absolute Gasteiger partial charge is 0.353 e. The van der Waals surface area contributed by atoms with Gasteiger partial charge >= 0.3 is 0 Å². The topological polar surface area (TPSA) is 32.3 Å². The van der Waals surface area contributed by atoms with E-state index in [0.717, 1.165) is 13.0 Å². The Bertz CT molecular complexity index is 516. The molecule has 1 aliphatic rings. The molecule has 1 aliphatic heterocycles. The molecule has 1 aromatic rings. The molecule has 3 nitrogen and oxygen atoms in total. The number of amides is 1. The first-order valence-corrected chi connectivity index (χ1v) is 8.10. The maximum atomic E-state index is 13.0. The molecule has 0 aliphatic carbocycles. The molecule has 1 aromatic carbocycles. The van der Waals surface area contributed by atoms with Gasteiger partial charge in [0.15, 0.2) is 0 Å². The molecule has 0 saturated carbocycles. The second-order valence-corrected chi connectivity index (χ2v) is 5.91. The average molecular weight is 304 g/mol. The van der Waals surface area contributed by atoms with Crippen LogP contribution in [0, 0.1) is 5.82 Å². The van der Waals surface area contributed by atoms with Gasteiger partial charge in [-0.25, -0.2) is 4.39 Å². The highest BCUT2D eigenvalue weighted by Gasteiger charge is 2.16. The van der Waals surface area contributed by atoms with Crippen LogP contribution in [-0.2, 0) is 4.79 Å². The number of nitrogens with zero attached hydrogens (tertiary/aromatic N) is 1. The Morgan fingerprint density at radius 2 is 2.32 bits per heavy atom. The highest BCUT2D eigenvalue weighted by Crippen LogP contribution is 2.16. The molecule has 0 aromatic heterocycles. The Morgan fingerprint density at radius 3 is 3.09 bits per heavy atom. The van der Waals surface area contributed by atoms with Gasteiger partial charge < -0.3 is 10.2 Å². The minimum atomic E-state index is -0.293. The third kappa shape index (κ3) is 5.60. The van der Waals surface area contributed by atoms with Crippen molar-refractivity contribution in [2.45, 2.75) is 38.6 Å². The van der Waals surface area contributed by atoms with Gasteiger partial charge in [0.2, 0.25) is 5.91 Å². The van der Waals surface area contributed by atoms with Gasteiger partial charge in [-0.05, 0) is 56.5 Å². The van der Waals surface area contributed by atoms with Crippen LogP contribution >= 0.6 is 0 Å². The molecule has 1 amide bonds. The Labute approximate surface area is 132 Å². The van der Waals surface area contributed by atoms with Crippen molar-refractivity contribution in [3.05, 3.63) is 41.7 Å². The van der Waals surface area contributed by atoms with Gasteiger partial charge in [0, 0.05) is 25.2 Å². The summed E-state index contributed by atoms with van der Waals surface area (Å²) in [6, 6.07) is 6.86. The van der Waals surface area contributed by atoms with Crippen LogP contribution in [0.5, 0.6) is 0 Å². The lowest BCUT2D eigenvalue weighted by Gasteiger charge is -2.33. The van der Waals surface area contributed by atoms with Crippen LogP contribution in [0.25, 0.3) is 6.08 Å². The summed E-state index contributed by atoms with van der Waals surface area (Å²) in [5.74, 6) is -0.422. The summed E-state index contributed by atoms with van der Waals surface area (Å²) in [7, 11) is 0. The van der Waals surface area contributed by atoms with E-state index >= 15 is 0 Å². The van der Waals surface area contributed by atoms with Crippen molar-refractivity contribution in [1.82, 2.24) is 10.2 Å². The Hall–Kier alpha value is -1.68. The van der Waals surface area contributed by atoms with E-state index in [-0.39, 0.29) is 11.7 Å². The normalized spacial score (nSPS) is 19.5.